The van der Waals surface area contributed by atoms with Crippen LogP contribution in [0.1, 0.15) is 25.7 Å². The summed E-state index contributed by atoms with van der Waals surface area (Å²) < 4.78 is 11.0. The third-order valence-corrected chi connectivity index (χ3v) is 5.74. The maximum Gasteiger partial charge on any atom is 0.229 e. The van der Waals surface area contributed by atoms with E-state index < -0.39 is 5.66 Å². The van der Waals surface area contributed by atoms with Gasteiger partial charge in [-0.05, 0) is 37.1 Å². The van der Waals surface area contributed by atoms with Gasteiger partial charge in [0.2, 0.25) is 11.8 Å². The molecular weight excluding hydrogens is 356 g/mol. The number of nitrogens with zero attached hydrogens (tertiary/aromatic N) is 2. The highest BCUT2D eigenvalue weighted by molar-refractivity contribution is 6.05. The molecule has 6 nitrogen and oxygen atoms in total. The Morgan fingerprint density at radius 3 is 2.25 bits per heavy atom. The molecule has 2 aromatic carbocycles. The van der Waals surface area contributed by atoms with E-state index >= 15 is 0 Å². The number of hydrogen-bond acceptors (Lipinski definition) is 4. The lowest BCUT2D eigenvalue weighted by molar-refractivity contribution is -0.117. The zero-order valence-electron chi connectivity index (χ0n) is 15.5. The molecule has 0 bridgehead atoms. The van der Waals surface area contributed by atoms with Crippen molar-refractivity contribution in [2.24, 2.45) is 0 Å². The van der Waals surface area contributed by atoms with Crippen LogP contribution >= 0.6 is 0 Å². The summed E-state index contributed by atoms with van der Waals surface area (Å²) in [6, 6.07) is 17.2. The van der Waals surface area contributed by atoms with Crippen molar-refractivity contribution in [1.29, 1.82) is 0 Å². The quantitative estimate of drug-likeness (QED) is 0.750. The fraction of sp³-hybridized carbons (Fsp3) is 0.364. The van der Waals surface area contributed by atoms with Gasteiger partial charge >= 0.3 is 0 Å². The van der Waals surface area contributed by atoms with Gasteiger partial charge in [0.05, 0.1) is 6.61 Å². The number of hydrogen-bond donors (Lipinski definition) is 0. The first-order valence-corrected chi connectivity index (χ1v) is 9.73. The van der Waals surface area contributed by atoms with Crippen LogP contribution in [0.3, 0.4) is 0 Å². The Kier molecular flexibility index (Phi) is 4.09. The molecule has 6 heteroatoms. The number of ether oxygens (including phenoxy) is 2. The smallest absolute Gasteiger partial charge is 0.229 e. The number of carbonyl (C=O) groups is 2. The summed E-state index contributed by atoms with van der Waals surface area (Å²) in [5.74, 6) is 0.806. The summed E-state index contributed by atoms with van der Waals surface area (Å²) in [7, 11) is 0. The van der Waals surface area contributed by atoms with E-state index in [0.717, 1.165) is 18.0 Å². The van der Waals surface area contributed by atoms with Gasteiger partial charge in [-0.1, -0.05) is 24.3 Å². The predicted molar refractivity (Wildman–Crippen MR) is 104 cm³/mol. The van der Waals surface area contributed by atoms with Gasteiger partial charge in [-0.25, -0.2) is 0 Å². The summed E-state index contributed by atoms with van der Waals surface area (Å²) in [5, 5.41) is 0. The van der Waals surface area contributed by atoms with Crippen LogP contribution in [-0.2, 0) is 14.3 Å². The van der Waals surface area contributed by atoms with Gasteiger partial charge < -0.3 is 9.47 Å². The van der Waals surface area contributed by atoms with Crippen molar-refractivity contribution in [3.63, 3.8) is 0 Å². The largest absolute Gasteiger partial charge is 0.491 e. The molecule has 2 atom stereocenters. The van der Waals surface area contributed by atoms with Gasteiger partial charge in [0.1, 0.15) is 24.1 Å². The first-order valence-electron chi connectivity index (χ1n) is 9.73. The second kappa shape index (κ2) is 6.63. The van der Waals surface area contributed by atoms with E-state index in [1.165, 1.54) is 0 Å². The van der Waals surface area contributed by atoms with E-state index in [0.29, 0.717) is 38.0 Å². The third kappa shape index (κ3) is 2.85. The Morgan fingerprint density at radius 1 is 0.929 bits per heavy atom. The first kappa shape index (κ1) is 17.3. The molecule has 3 aliphatic rings. The van der Waals surface area contributed by atoms with E-state index in [9.17, 15) is 9.59 Å². The Balaban J connectivity index is 1.51. The van der Waals surface area contributed by atoms with E-state index in [2.05, 4.69) is 0 Å². The van der Waals surface area contributed by atoms with Crippen molar-refractivity contribution in [2.75, 3.05) is 23.0 Å². The molecule has 5 rings (SSSR count). The zero-order valence-corrected chi connectivity index (χ0v) is 15.5. The molecule has 144 valence electrons. The van der Waals surface area contributed by atoms with Crippen molar-refractivity contribution in [1.82, 2.24) is 0 Å². The zero-order chi connectivity index (χ0) is 19.1. The van der Waals surface area contributed by atoms with E-state index in [1.54, 1.807) is 0 Å². The minimum absolute atomic E-state index is 0.0401. The summed E-state index contributed by atoms with van der Waals surface area (Å²) in [4.78, 5) is 29.4. The molecule has 0 N–H and O–H groups in total. The number of anilines is 2. The summed E-state index contributed by atoms with van der Waals surface area (Å²) in [5.41, 5.74) is 0.962. The van der Waals surface area contributed by atoms with Crippen molar-refractivity contribution >= 4 is 23.2 Å². The predicted octanol–water partition coefficient (Wildman–Crippen LogP) is 3.11. The minimum Gasteiger partial charge on any atom is -0.491 e. The molecule has 1 spiro atoms. The fourth-order valence-corrected chi connectivity index (χ4v) is 4.39. The number of epoxide rings is 1. The van der Waals surface area contributed by atoms with Crippen molar-refractivity contribution in [3.05, 3.63) is 54.6 Å². The fourth-order valence-electron chi connectivity index (χ4n) is 4.39. The van der Waals surface area contributed by atoms with Gasteiger partial charge in [0.25, 0.3) is 0 Å². The monoisotopic (exact) mass is 378 g/mol. The molecule has 2 unspecified atom stereocenters. The second-order valence-corrected chi connectivity index (χ2v) is 7.54. The number of rotatable bonds is 5. The standard InChI is InChI=1S/C22H22N2O4/c25-20-9-11-22(23(20)16-5-2-1-3-6-16)12-10-21(26)24(22)17-7-4-8-18(13-17)27-14-19-15-28-19/h1-8,13,19H,9-12,14-15H2. The average Bonchev–Trinajstić information content (AvgIpc) is 3.42. The van der Waals surface area contributed by atoms with Crippen LogP contribution in [0.4, 0.5) is 11.4 Å². The van der Waals surface area contributed by atoms with Crippen LogP contribution in [0, 0.1) is 0 Å². The van der Waals surface area contributed by atoms with E-state index in [4.69, 9.17) is 9.47 Å². The lowest BCUT2D eigenvalue weighted by Gasteiger charge is -2.42. The normalized spacial score (nSPS) is 26.4. The van der Waals surface area contributed by atoms with Gasteiger partial charge in [0, 0.05) is 30.3 Å². The van der Waals surface area contributed by atoms with E-state index in [1.807, 2.05) is 64.4 Å². The molecule has 3 fully saturated rings. The second-order valence-electron chi connectivity index (χ2n) is 7.54. The Hall–Kier alpha value is -2.86. The molecule has 0 aromatic heterocycles. The van der Waals surface area contributed by atoms with Crippen LogP contribution < -0.4 is 14.5 Å². The molecule has 3 heterocycles. The number of para-hydroxylation sites is 1. The van der Waals surface area contributed by atoms with Crippen molar-refractivity contribution in [2.45, 2.75) is 37.5 Å². The van der Waals surface area contributed by atoms with Crippen LogP contribution in [0.15, 0.2) is 54.6 Å². The molecule has 0 aliphatic carbocycles. The molecule has 0 radical (unpaired) electrons. The highest BCUT2D eigenvalue weighted by atomic mass is 16.6. The SMILES string of the molecule is O=C1CCC2(CCC(=O)N2c2cccc(OCC3CO3)c2)N1c1ccccc1. The van der Waals surface area contributed by atoms with Crippen molar-refractivity contribution in [3.8, 4) is 5.75 Å². The summed E-state index contributed by atoms with van der Waals surface area (Å²) in [6.45, 7) is 1.25. The molecule has 28 heavy (non-hydrogen) atoms. The summed E-state index contributed by atoms with van der Waals surface area (Å²) >= 11 is 0. The lowest BCUT2D eigenvalue weighted by atomic mass is 10.0. The Morgan fingerprint density at radius 2 is 1.57 bits per heavy atom. The van der Waals surface area contributed by atoms with Crippen LogP contribution in [0.2, 0.25) is 0 Å². The maximum atomic E-state index is 12.9. The van der Waals surface area contributed by atoms with Crippen molar-refractivity contribution < 1.29 is 19.1 Å². The van der Waals surface area contributed by atoms with Gasteiger partial charge in [-0.3, -0.25) is 19.4 Å². The average molecular weight is 378 g/mol. The highest BCUT2D eigenvalue weighted by Gasteiger charge is 2.56. The number of benzene rings is 2. The van der Waals surface area contributed by atoms with Gasteiger partial charge in [0.15, 0.2) is 0 Å². The first-order chi connectivity index (χ1) is 13.7. The minimum atomic E-state index is -0.645. The molecular formula is C22H22N2O4. The molecule has 0 saturated carbocycles. The van der Waals surface area contributed by atoms with Gasteiger partial charge in [-0.2, -0.15) is 0 Å². The third-order valence-electron chi connectivity index (χ3n) is 5.74. The maximum absolute atomic E-state index is 12.9. The molecule has 2 aromatic rings. The highest BCUT2D eigenvalue weighted by Crippen LogP contribution is 2.47. The molecule has 2 amide bonds. The molecule has 3 aliphatic heterocycles. The Labute approximate surface area is 163 Å². The number of amides is 2. The van der Waals surface area contributed by atoms with Crippen LogP contribution in [-0.4, -0.2) is 36.8 Å². The van der Waals surface area contributed by atoms with Crippen LogP contribution in [0.25, 0.3) is 0 Å². The van der Waals surface area contributed by atoms with E-state index in [-0.39, 0.29) is 17.9 Å². The topological polar surface area (TPSA) is 62.4 Å². The number of carbonyl (C=O) groups excluding carboxylic acids is 2. The summed E-state index contributed by atoms with van der Waals surface area (Å²) in [6.07, 6.45) is 2.30. The van der Waals surface area contributed by atoms with Crippen LogP contribution in [0.5, 0.6) is 5.75 Å². The Bertz CT molecular complexity index is 908. The molecule has 3 saturated heterocycles. The van der Waals surface area contributed by atoms with Gasteiger partial charge in [-0.15, -0.1) is 0 Å². The lowest BCUT2D eigenvalue weighted by Crippen LogP contribution is -2.56.